The van der Waals surface area contributed by atoms with E-state index in [2.05, 4.69) is 72.0 Å². The highest BCUT2D eigenvalue weighted by Gasteiger charge is 2.40. The smallest absolute Gasteiger partial charge is 0.192 e. The molecular weight excluding hydrogens is 344 g/mol. The molecule has 0 bridgehead atoms. The third kappa shape index (κ3) is 6.58. The van der Waals surface area contributed by atoms with Gasteiger partial charge in [-0.15, -0.1) is 17.9 Å². The van der Waals surface area contributed by atoms with Crippen LogP contribution in [0.15, 0.2) is 0 Å². The minimum atomic E-state index is -2.01. The number of aliphatic hydroxyl groups excluding tert-OH is 1. The van der Waals surface area contributed by atoms with Gasteiger partial charge in [-0.3, -0.25) is 0 Å². The summed E-state index contributed by atoms with van der Waals surface area (Å²) in [6.45, 7) is 17.2. The first kappa shape index (κ1) is 24.4. The van der Waals surface area contributed by atoms with Crippen LogP contribution in [0.2, 0.25) is 36.3 Å². The molecule has 0 saturated heterocycles. The Labute approximate surface area is 157 Å². The van der Waals surface area contributed by atoms with Crippen molar-refractivity contribution in [2.24, 2.45) is 0 Å². The summed E-state index contributed by atoms with van der Waals surface area (Å²) in [7, 11) is -3.59. The van der Waals surface area contributed by atoms with Crippen molar-refractivity contribution in [3.05, 3.63) is 0 Å². The molecule has 0 fully saturated rings. The van der Waals surface area contributed by atoms with E-state index in [-0.39, 0.29) is 18.1 Å². The fourth-order valence-electron chi connectivity index (χ4n) is 2.29. The molecule has 2 atom stereocenters. The van der Waals surface area contributed by atoms with Gasteiger partial charge >= 0.3 is 0 Å². The Morgan fingerprint density at radius 3 is 1.92 bits per heavy atom. The fraction of sp³-hybridized carbons (Fsp3) is 0.800. The van der Waals surface area contributed by atoms with Gasteiger partial charge in [0, 0.05) is 0 Å². The van der Waals surface area contributed by atoms with Gasteiger partial charge in [0.05, 0.1) is 13.0 Å². The van der Waals surface area contributed by atoms with Crippen LogP contribution in [0.3, 0.4) is 0 Å². The van der Waals surface area contributed by atoms with Crippen LogP contribution in [-0.2, 0) is 4.43 Å². The van der Waals surface area contributed by atoms with Crippen LogP contribution in [0.5, 0.6) is 0 Å². The molecule has 0 aromatic rings. The zero-order chi connectivity index (χ0) is 19.9. The zero-order valence-corrected chi connectivity index (χ0v) is 19.5. The van der Waals surface area contributed by atoms with E-state index in [1.54, 1.807) is 0 Å². The third-order valence-electron chi connectivity index (χ3n) is 5.95. The van der Waals surface area contributed by atoms with Crippen LogP contribution in [0.25, 0.3) is 0 Å². The molecule has 0 heterocycles. The van der Waals surface area contributed by atoms with Crippen LogP contribution in [0.4, 0.5) is 0 Å². The third-order valence-corrected chi connectivity index (χ3v) is 15.2. The minimum Gasteiger partial charge on any atom is -0.414 e. The monoisotopic (exact) mass is 382 g/mol. The quantitative estimate of drug-likeness (QED) is 0.489. The molecule has 0 amide bonds. The molecule has 2 N–H and O–H groups in total. The van der Waals surface area contributed by atoms with E-state index in [0.717, 1.165) is 18.1 Å². The van der Waals surface area contributed by atoms with Crippen LogP contribution in [0.1, 0.15) is 48.0 Å². The molecule has 0 aromatic carbocycles. The number of aliphatic hydroxyl groups is 2. The molecule has 0 spiro atoms. The Morgan fingerprint density at radius 1 is 1.08 bits per heavy atom. The first-order chi connectivity index (χ1) is 11.3. The van der Waals surface area contributed by atoms with Crippen molar-refractivity contribution < 1.29 is 14.6 Å². The van der Waals surface area contributed by atoms with Gasteiger partial charge in [0.1, 0.15) is 14.2 Å². The molecular formula is C20H38O3Si2. The number of hydrogen-bond donors (Lipinski definition) is 2. The summed E-state index contributed by atoms with van der Waals surface area (Å²) in [6, 6.07) is 3.29. The largest absolute Gasteiger partial charge is 0.414 e. The lowest BCUT2D eigenvalue weighted by atomic mass is 9.95. The molecule has 144 valence electrons. The molecule has 0 aliphatic rings. The van der Waals surface area contributed by atoms with E-state index >= 15 is 0 Å². The Kier molecular flexibility index (Phi) is 9.18. The molecule has 3 nitrogen and oxygen atoms in total. The zero-order valence-electron chi connectivity index (χ0n) is 17.5. The lowest BCUT2D eigenvalue weighted by Gasteiger charge is -2.38. The van der Waals surface area contributed by atoms with Crippen molar-refractivity contribution in [1.82, 2.24) is 0 Å². The predicted molar refractivity (Wildman–Crippen MR) is 113 cm³/mol. The summed E-state index contributed by atoms with van der Waals surface area (Å²) >= 11 is 0. The van der Waals surface area contributed by atoms with E-state index in [1.807, 2.05) is 0 Å². The highest BCUT2D eigenvalue weighted by Crippen LogP contribution is 2.36. The van der Waals surface area contributed by atoms with E-state index in [4.69, 9.17) is 10.8 Å². The van der Waals surface area contributed by atoms with Gasteiger partial charge in [-0.2, -0.15) is 0 Å². The van der Waals surface area contributed by atoms with Crippen molar-refractivity contribution >= 4 is 16.4 Å². The predicted octanol–water partition coefficient (Wildman–Crippen LogP) is 4.17. The second kappa shape index (κ2) is 9.39. The summed E-state index contributed by atoms with van der Waals surface area (Å²) in [5.74, 6) is 5.44. The molecule has 0 aliphatic heterocycles. The van der Waals surface area contributed by atoms with E-state index in [1.165, 1.54) is 0 Å². The Bertz CT molecular complexity index is 508. The topological polar surface area (TPSA) is 49.7 Å². The summed E-state index contributed by atoms with van der Waals surface area (Å²) in [5.41, 5.74) is 1.75. The molecule has 0 aliphatic carbocycles. The molecule has 0 radical (unpaired) electrons. The number of terminal acetylenes is 1. The molecule has 0 rings (SSSR count). The van der Waals surface area contributed by atoms with Gasteiger partial charge < -0.3 is 14.6 Å². The lowest BCUT2D eigenvalue weighted by Crippen LogP contribution is -2.48. The highest BCUT2D eigenvalue weighted by atomic mass is 28.4. The highest BCUT2D eigenvalue weighted by molar-refractivity contribution is 6.87. The standard InChI is InChI=1S/C20H38O3Si2/c1-10-20(22,15-14-16-25(11-2,12-3)13-4)18(21)17-23-24(8,9)19(5,6)7/h1,18,21-22H,11-13,15,17H2,2-9H3/t18-,20+/m1/s1. The van der Waals surface area contributed by atoms with Crippen LogP contribution in [0, 0.1) is 23.8 Å². The summed E-state index contributed by atoms with van der Waals surface area (Å²) in [4.78, 5) is 0. The average Bonchev–Trinajstić information content (AvgIpc) is 2.55. The number of hydrogen-bond acceptors (Lipinski definition) is 3. The van der Waals surface area contributed by atoms with Gasteiger partial charge in [0.2, 0.25) is 0 Å². The van der Waals surface area contributed by atoms with Gasteiger partial charge in [0.25, 0.3) is 0 Å². The van der Waals surface area contributed by atoms with E-state index in [0.29, 0.717) is 0 Å². The van der Waals surface area contributed by atoms with E-state index < -0.39 is 28.1 Å². The van der Waals surface area contributed by atoms with Gasteiger partial charge in [0.15, 0.2) is 13.9 Å². The summed E-state index contributed by atoms with van der Waals surface area (Å²) < 4.78 is 6.01. The maximum atomic E-state index is 10.7. The average molecular weight is 383 g/mol. The van der Waals surface area contributed by atoms with Gasteiger partial charge in [-0.1, -0.05) is 47.5 Å². The maximum absolute atomic E-state index is 10.7. The maximum Gasteiger partial charge on any atom is 0.192 e. The summed E-state index contributed by atoms with van der Waals surface area (Å²) in [5, 5.41) is 21.1. The second-order valence-electron chi connectivity index (χ2n) is 8.48. The molecule has 0 saturated carbocycles. The molecule has 5 heteroatoms. The first-order valence-corrected chi connectivity index (χ1v) is 14.9. The van der Waals surface area contributed by atoms with Gasteiger partial charge in [-0.25, -0.2) is 0 Å². The van der Waals surface area contributed by atoms with E-state index in [9.17, 15) is 10.2 Å². The molecule has 25 heavy (non-hydrogen) atoms. The minimum absolute atomic E-state index is 0.0371. The lowest BCUT2D eigenvalue weighted by molar-refractivity contribution is -0.0513. The Balaban J connectivity index is 5.10. The van der Waals surface area contributed by atoms with Crippen LogP contribution >= 0.6 is 0 Å². The van der Waals surface area contributed by atoms with Crippen LogP contribution in [-0.4, -0.2) is 44.9 Å². The fourth-order valence-corrected chi connectivity index (χ4v) is 5.79. The molecule has 0 unspecified atom stereocenters. The van der Waals surface area contributed by atoms with Crippen LogP contribution < -0.4 is 0 Å². The normalized spacial score (nSPS) is 16.4. The Morgan fingerprint density at radius 2 is 1.56 bits per heavy atom. The summed E-state index contributed by atoms with van der Waals surface area (Å²) in [6.07, 6.45) is 4.47. The van der Waals surface area contributed by atoms with Crippen molar-refractivity contribution in [3.63, 3.8) is 0 Å². The SMILES string of the molecule is C#C[C@](O)(CC#C[Si](CC)(CC)CC)[C@H](O)CO[Si](C)(C)C(C)(C)C. The second-order valence-corrected chi connectivity index (χ2v) is 18.2. The number of rotatable bonds is 8. The van der Waals surface area contributed by atoms with Crippen molar-refractivity contribution in [2.75, 3.05) is 6.61 Å². The van der Waals surface area contributed by atoms with Crippen molar-refractivity contribution in [1.29, 1.82) is 0 Å². The van der Waals surface area contributed by atoms with Crippen molar-refractivity contribution in [3.8, 4) is 23.8 Å². The Hall–Kier alpha value is -0.566. The first-order valence-electron chi connectivity index (χ1n) is 9.35. The molecule has 0 aromatic heterocycles. The van der Waals surface area contributed by atoms with Crippen molar-refractivity contribution in [2.45, 2.75) is 95.9 Å². The van der Waals surface area contributed by atoms with Gasteiger partial charge in [-0.05, 0) is 36.3 Å².